The highest BCUT2D eigenvalue weighted by Crippen LogP contribution is 2.27. The molecule has 0 atom stereocenters. The Hall–Kier alpha value is -1.48. The first kappa shape index (κ1) is 16.4. The Morgan fingerprint density at radius 1 is 0.826 bits per heavy atom. The molecule has 0 bridgehead atoms. The van der Waals surface area contributed by atoms with E-state index in [9.17, 15) is 0 Å². The Labute approximate surface area is 149 Å². The number of rotatable bonds is 5. The van der Waals surface area contributed by atoms with Gasteiger partial charge in [0.1, 0.15) is 0 Å². The summed E-state index contributed by atoms with van der Waals surface area (Å²) in [5, 5.41) is 0. The molecule has 2 aromatic rings. The van der Waals surface area contributed by atoms with Crippen LogP contribution in [0.4, 0.5) is 0 Å². The van der Waals surface area contributed by atoms with E-state index in [1.54, 1.807) is 0 Å². The summed E-state index contributed by atoms with van der Waals surface area (Å²) >= 11 is -0.0556. The minimum absolute atomic E-state index is 0.0556. The van der Waals surface area contributed by atoms with Gasteiger partial charge in [-0.25, -0.2) is 0 Å². The smallest absolute Gasteiger partial charge is 0.0150 e. The van der Waals surface area contributed by atoms with Gasteiger partial charge < -0.3 is 0 Å². The first-order chi connectivity index (χ1) is 11.3. The number of hydrogen-bond acceptors (Lipinski definition) is 0. The molecule has 0 saturated carbocycles. The van der Waals surface area contributed by atoms with Crippen LogP contribution in [0.2, 0.25) is 0 Å². The van der Waals surface area contributed by atoms with Gasteiger partial charge in [0.2, 0.25) is 0 Å². The van der Waals surface area contributed by atoms with Crippen molar-refractivity contribution in [2.24, 2.45) is 0 Å². The van der Waals surface area contributed by atoms with Crippen LogP contribution in [-0.2, 0) is 6.42 Å². The number of hydrogen-bond donors (Lipinski definition) is 0. The lowest BCUT2D eigenvalue weighted by Crippen LogP contribution is -1.95. The standard InChI is InChI=1S/C22H23I/c1-3-4-5-18-8-12-19(13-9-18)21-14-15-22(23-16-21)20-10-6-17(2)7-11-20/h6-16H,3-5H2,1-2H3. The number of allylic oxidation sites excluding steroid dienone is 3. The SMILES string of the molecule is CCCCc1ccc(C2=CI=C(c3ccc(C)cc3)C=C2)cc1. The molecule has 23 heavy (non-hydrogen) atoms. The molecule has 0 saturated heterocycles. The van der Waals surface area contributed by atoms with Gasteiger partial charge in [-0.1, -0.05) is 94.2 Å². The zero-order valence-corrected chi connectivity index (χ0v) is 16.0. The summed E-state index contributed by atoms with van der Waals surface area (Å²) in [7, 11) is 0. The topological polar surface area (TPSA) is 0 Å². The molecule has 0 nitrogen and oxygen atoms in total. The van der Waals surface area contributed by atoms with Crippen LogP contribution < -0.4 is 0 Å². The second-order valence-corrected chi connectivity index (χ2v) is 8.43. The van der Waals surface area contributed by atoms with E-state index in [1.807, 2.05) is 0 Å². The van der Waals surface area contributed by atoms with Crippen molar-refractivity contribution in [1.29, 1.82) is 0 Å². The lowest BCUT2D eigenvalue weighted by Gasteiger charge is -2.10. The molecule has 1 aliphatic rings. The Kier molecular flexibility index (Phi) is 5.60. The predicted molar refractivity (Wildman–Crippen MR) is 111 cm³/mol. The summed E-state index contributed by atoms with van der Waals surface area (Å²) in [4.78, 5) is 0. The van der Waals surface area contributed by atoms with E-state index in [2.05, 4.69) is 78.6 Å². The Bertz CT molecular complexity index is 744. The van der Waals surface area contributed by atoms with Crippen molar-refractivity contribution in [2.75, 3.05) is 0 Å². The maximum absolute atomic E-state index is 2.45. The van der Waals surface area contributed by atoms with Crippen LogP contribution in [0.25, 0.3) is 5.57 Å². The first-order valence-electron chi connectivity index (χ1n) is 8.31. The Morgan fingerprint density at radius 2 is 1.52 bits per heavy atom. The maximum atomic E-state index is 2.45. The zero-order valence-electron chi connectivity index (χ0n) is 13.9. The highest BCUT2D eigenvalue weighted by atomic mass is 127. The van der Waals surface area contributed by atoms with Crippen LogP contribution in [0.5, 0.6) is 0 Å². The lowest BCUT2D eigenvalue weighted by atomic mass is 10.0. The summed E-state index contributed by atoms with van der Waals surface area (Å²) < 4.78 is 3.96. The molecular formula is C22H23I. The van der Waals surface area contributed by atoms with E-state index in [0.29, 0.717) is 0 Å². The summed E-state index contributed by atoms with van der Waals surface area (Å²) in [5.41, 5.74) is 6.90. The number of benzene rings is 2. The van der Waals surface area contributed by atoms with Crippen LogP contribution in [0.3, 0.4) is 0 Å². The lowest BCUT2D eigenvalue weighted by molar-refractivity contribution is 0.795. The monoisotopic (exact) mass is 414 g/mol. The van der Waals surface area contributed by atoms with Crippen molar-refractivity contribution in [3.05, 3.63) is 87.0 Å². The average molecular weight is 414 g/mol. The zero-order chi connectivity index (χ0) is 16.1. The molecule has 1 heterocycles. The molecule has 0 aliphatic carbocycles. The minimum atomic E-state index is -0.0556. The Balaban J connectivity index is 1.75. The van der Waals surface area contributed by atoms with Crippen LogP contribution in [0.15, 0.2) is 64.8 Å². The first-order valence-corrected chi connectivity index (χ1v) is 10.6. The van der Waals surface area contributed by atoms with Gasteiger partial charge in [-0.3, -0.25) is 0 Å². The summed E-state index contributed by atoms with van der Waals surface area (Å²) in [6, 6.07) is 18.0. The molecule has 1 aliphatic heterocycles. The van der Waals surface area contributed by atoms with Gasteiger partial charge in [0.05, 0.1) is 0 Å². The Morgan fingerprint density at radius 3 is 2.13 bits per heavy atom. The number of aryl methyl sites for hydroxylation is 2. The van der Waals surface area contributed by atoms with Gasteiger partial charge in [0.15, 0.2) is 0 Å². The van der Waals surface area contributed by atoms with Crippen molar-refractivity contribution in [3.63, 3.8) is 0 Å². The molecule has 0 spiro atoms. The van der Waals surface area contributed by atoms with E-state index in [-0.39, 0.29) is 20.7 Å². The third-order valence-electron chi connectivity index (χ3n) is 4.13. The largest absolute Gasteiger partial charge is 0.0843 e. The summed E-state index contributed by atoms with van der Waals surface area (Å²) in [6.45, 7) is 4.39. The van der Waals surface area contributed by atoms with Gasteiger partial charge in [-0.05, 0) is 52.2 Å². The highest BCUT2D eigenvalue weighted by molar-refractivity contribution is 14.2. The number of halogens is 1. The molecule has 0 fully saturated rings. The van der Waals surface area contributed by atoms with E-state index < -0.39 is 0 Å². The minimum Gasteiger partial charge on any atom is -0.0843 e. The van der Waals surface area contributed by atoms with Crippen LogP contribution in [-0.4, -0.2) is 3.51 Å². The van der Waals surface area contributed by atoms with E-state index in [1.165, 1.54) is 50.6 Å². The predicted octanol–water partition coefficient (Wildman–Crippen LogP) is 6.44. The summed E-state index contributed by atoms with van der Waals surface area (Å²) in [5.74, 6) is 0. The maximum Gasteiger partial charge on any atom is 0.0150 e. The van der Waals surface area contributed by atoms with E-state index in [4.69, 9.17) is 0 Å². The molecule has 0 radical (unpaired) electrons. The normalized spacial score (nSPS) is 14.0. The molecular weight excluding hydrogens is 391 g/mol. The van der Waals surface area contributed by atoms with Crippen LogP contribution in [0, 0.1) is 6.92 Å². The fourth-order valence-electron chi connectivity index (χ4n) is 2.63. The van der Waals surface area contributed by atoms with Crippen molar-refractivity contribution < 1.29 is 0 Å². The van der Waals surface area contributed by atoms with Crippen LogP contribution >= 0.6 is 20.7 Å². The van der Waals surface area contributed by atoms with E-state index in [0.717, 1.165) is 0 Å². The van der Waals surface area contributed by atoms with Gasteiger partial charge in [-0.2, -0.15) is 0 Å². The van der Waals surface area contributed by atoms with Crippen molar-refractivity contribution in [2.45, 2.75) is 33.1 Å². The fraction of sp³-hybridized carbons (Fsp3) is 0.227. The fourth-order valence-corrected chi connectivity index (χ4v) is 4.97. The molecule has 0 amide bonds. The third kappa shape index (κ3) is 4.29. The molecule has 2 aromatic carbocycles. The van der Waals surface area contributed by atoms with Crippen molar-refractivity contribution in [3.8, 4) is 0 Å². The third-order valence-corrected chi connectivity index (χ3v) is 6.77. The molecule has 118 valence electrons. The average Bonchev–Trinajstić information content (AvgIpc) is 2.61. The van der Waals surface area contributed by atoms with Gasteiger partial charge in [0.25, 0.3) is 0 Å². The highest BCUT2D eigenvalue weighted by Gasteiger charge is 2.05. The second-order valence-electron chi connectivity index (χ2n) is 6.02. The van der Waals surface area contributed by atoms with Gasteiger partial charge in [0, 0.05) is 3.51 Å². The molecule has 1 heteroatoms. The summed E-state index contributed by atoms with van der Waals surface area (Å²) in [6.07, 6.45) is 8.33. The molecule has 0 unspecified atom stereocenters. The molecule has 3 rings (SSSR count). The number of unbranched alkanes of at least 4 members (excludes halogenated alkanes) is 1. The van der Waals surface area contributed by atoms with Crippen molar-refractivity contribution >= 4 is 29.8 Å². The quantitative estimate of drug-likeness (QED) is 0.494. The second kappa shape index (κ2) is 7.87. The van der Waals surface area contributed by atoms with Crippen molar-refractivity contribution in [1.82, 2.24) is 0 Å². The van der Waals surface area contributed by atoms with E-state index >= 15 is 0 Å². The van der Waals surface area contributed by atoms with Gasteiger partial charge >= 0.3 is 0 Å². The van der Waals surface area contributed by atoms with Crippen LogP contribution in [0.1, 0.15) is 42.0 Å². The van der Waals surface area contributed by atoms with Gasteiger partial charge in [-0.15, -0.1) is 0 Å². The molecule has 0 aromatic heterocycles. The molecule has 0 N–H and O–H groups in total.